The molecule has 0 bridgehead atoms. The predicted molar refractivity (Wildman–Crippen MR) is 122 cm³/mol. The molecule has 6 nitrogen and oxygen atoms in total. The van der Waals surface area contributed by atoms with Gasteiger partial charge in [-0.25, -0.2) is 4.68 Å². The third-order valence-corrected chi connectivity index (χ3v) is 6.37. The Morgan fingerprint density at radius 1 is 1.16 bits per heavy atom. The molecule has 1 atom stereocenters. The van der Waals surface area contributed by atoms with E-state index in [1.54, 1.807) is 0 Å². The number of nitrogens with zero attached hydrogens (tertiary/aromatic N) is 2. The zero-order valence-electron chi connectivity index (χ0n) is 18.9. The van der Waals surface area contributed by atoms with E-state index in [0.29, 0.717) is 12.8 Å². The summed E-state index contributed by atoms with van der Waals surface area (Å²) in [7, 11) is 0. The van der Waals surface area contributed by atoms with Crippen molar-refractivity contribution in [2.75, 3.05) is 6.79 Å². The number of amides is 1. The van der Waals surface area contributed by atoms with Crippen LogP contribution in [0, 0.1) is 12.3 Å². The van der Waals surface area contributed by atoms with Crippen molar-refractivity contribution in [3.05, 3.63) is 71.0 Å². The molecular weight excluding hydrogens is 402 g/mol. The van der Waals surface area contributed by atoms with Gasteiger partial charge in [-0.15, -0.1) is 0 Å². The van der Waals surface area contributed by atoms with Crippen LogP contribution in [0.3, 0.4) is 0 Å². The van der Waals surface area contributed by atoms with Gasteiger partial charge in [0.1, 0.15) is 0 Å². The van der Waals surface area contributed by atoms with Crippen molar-refractivity contribution in [2.24, 2.45) is 5.41 Å². The molecule has 0 saturated heterocycles. The number of carbonyl (C=O) groups excluding carboxylic acids is 1. The number of nitrogens with one attached hydrogen (secondary N) is 1. The molecule has 32 heavy (non-hydrogen) atoms. The lowest BCUT2D eigenvalue weighted by Crippen LogP contribution is -2.36. The minimum Gasteiger partial charge on any atom is -0.454 e. The first-order valence-electron chi connectivity index (χ1n) is 11.2. The van der Waals surface area contributed by atoms with Crippen molar-refractivity contribution >= 4 is 5.91 Å². The zero-order valence-corrected chi connectivity index (χ0v) is 18.9. The molecule has 166 valence electrons. The molecule has 1 aliphatic heterocycles. The number of fused-ring (bicyclic) bond motifs is 2. The van der Waals surface area contributed by atoms with E-state index in [9.17, 15) is 4.79 Å². The van der Waals surface area contributed by atoms with E-state index in [-0.39, 0.29) is 24.2 Å². The predicted octanol–water partition coefficient (Wildman–Crippen LogP) is 4.67. The van der Waals surface area contributed by atoms with Gasteiger partial charge in [0.2, 0.25) is 12.7 Å². The molecule has 5 rings (SSSR count). The highest BCUT2D eigenvalue weighted by molar-refractivity contribution is 5.77. The van der Waals surface area contributed by atoms with E-state index < -0.39 is 0 Å². The second kappa shape index (κ2) is 8.01. The van der Waals surface area contributed by atoms with Crippen LogP contribution in [0.15, 0.2) is 48.7 Å². The first-order valence-corrected chi connectivity index (χ1v) is 11.2. The van der Waals surface area contributed by atoms with E-state index in [0.717, 1.165) is 41.2 Å². The van der Waals surface area contributed by atoms with E-state index in [1.807, 2.05) is 29.1 Å². The van der Waals surface area contributed by atoms with Crippen molar-refractivity contribution in [1.82, 2.24) is 15.1 Å². The minimum absolute atomic E-state index is 0.0304. The summed E-state index contributed by atoms with van der Waals surface area (Å²) < 4.78 is 12.8. The van der Waals surface area contributed by atoms with Gasteiger partial charge in [-0.05, 0) is 61.4 Å². The quantitative estimate of drug-likeness (QED) is 0.638. The zero-order chi connectivity index (χ0) is 22.3. The Morgan fingerprint density at radius 2 is 1.94 bits per heavy atom. The van der Waals surface area contributed by atoms with Crippen molar-refractivity contribution < 1.29 is 14.3 Å². The van der Waals surface area contributed by atoms with Crippen LogP contribution in [0.5, 0.6) is 11.5 Å². The molecule has 1 amide bonds. The van der Waals surface area contributed by atoms with Gasteiger partial charge in [-0.1, -0.05) is 37.6 Å². The molecule has 0 unspecified atom stereocenters. The first-order chi connectivity index (χ1) is 15.4. The summed E-state index contributed by atoms with van der Waals surface area (Å²) in [4.78, 5) is 12.9. The molecule has 0 saturated carbocycles. The van der Waals surface area contributed by atoms with Gasteiger partial charge in [-0.2, -0.15) is 5.10 Å². The molecule has 1 aliphatic carbocycles. The van der Waals surface area contributed by atoms with Crippen molar-refractivity contribution in [3.63, 3.8) is 0 Å². The van der Waals surface area contributed by atoms with Crippen molar-refractivity contribution in [1.29, 1.82) is 0 Å². The third-order valence-electron chi connectivity index (χ3n) is 6.37. The van der Waals surface area contributed by atoms with Crippen molar-refractivity contribution in [2.45, 2.75) is 52.5 Å². The fourth-order valence-corrected chi connectivity index (χ4v) is 4.70. The summed E-state index contributed by atoms with van der Waals surface area (Å²) in [6, 6.07) is 14.2. The molecule has 3 aromatic rings. The maximum Gasteiger partial charge on any atom is 0.231 e. The van der Waals surface area contributed by atoms with Gasteiger partial charge in [0.15, 0.2) is 11.5 Å². The Morgan fingerprint density at radius 3 is 2.75 bits per heavy atom. The molecule has 2 heterocycles. The standard InChI is InChI=1S/C26H29N3O3/c1-17-4-8-19(9-5-17)29-22-14-26(2,3)13-21(20(22)15-27-29)28-25(30)11-7-18-6-10-23-24(12-18)32-16-31-23/h4-6,8-10,12,15,21H,7,11,13-14,16H2,1-3H3,(H,28,30)/t21-/m0/s1. The third kappa shape index (κ3) is 4.09. The van der Waals surface area contributed by atoms with Crippen LogP contribution in [0.4, 0.5) is 0 Å². The maximum absolute atomic E-state index is 12.9. The summed E-state index contributed by atoms with van der Waals surface area (Å²) in [5.41, 5.74) is 5.74. The highest BCUT2D eigenvalue weighted by Gasteiger charge is 2.36. The number of rotatable bonds is 5. The highest BCUT2D eigenvalue weighted by atomic mass is 16.7. The Balaban J connectivity index is 1.31. The molecule has 6 heteroatoms. The molecular formula is C26H29N3O3. The smallest absolute Gasteiger partial charge is 0.231 e. The first kappa shape index (κ1) is 20.6. The lowest BCUT2D eigenvalue weighted by atomic mass is 9.74. The van der Waals surface area contributed by atoms with Gasteiger partial charge < -0.3 is 14.8 Å². The Kier molecular flexibility index (Phi) is 5.16. The van der Waals surface area contributed by atoms with Crippen LogP contribution in [-0.4, -0.2) is 22.5 Å². The number of hydrogen-bond donors (Lipinski definition) is 1. The van der Waals surface area contributed by atoms with E-state index in [4.69, 9.17) is 9.47 Å². The van der Waals surface area contributed by atoms with Gasteiger partial charge in [-0.3, -0.25) is 4.79 Å². The van der Waals surface area contributed by atoms with Crippen LogP contribution < -0.4 is 14.8 Å². The lowest BCUT2D eigenvalue weighted by molar-refractivity contribution is -0.122. The molecule has 2 aromatic carbocycles. The van der Waals surface area contributed by atoms with Gasteiger partial charge in [0, 0.05) is 12.0 Å². The monoisotopic (exact) mass is 431 g/mol. The van der Waals surface area contributed by atoms with Crippen molar-refractivity contribution in [3.8, 4) is 17.2 Å². The lowest BCUT2D eigenvalue weighted by Gasteiger charge is -2.36. The average Bonchev–Trinajstić information content (AvgIpc) is 3.38. The Labute approximate surface area is 188 Å². The number of benzene rings is 2. The Hall–Kier alpha value is -3.28. The van der Waals surface area contributed by atoms with Crippen LogP contribution >= 0.6 is 0 Å². The molecule has 1 aromatic heterocycles. The summed E-state index contributed by atoms with van der Waals surface area (Å²) in [6.07, 6.45) is 4.84. The number of carbonyl (C=O) groups is 1. The average molecular weight is 432 g/mol. The maximum atomic E-state index is 12.9. The summed E-state index contributed by atoms with van der Waals surface area (Å²) in [6.45, 7) is 6.86. The molecule has 0 fully saturated rings. The van der Waals surface area contributed by atoms with Gasteiger partial charge >= 0.3 is 0 Å². The SMILES string of the molecule is Cc1ccc(-n2ncc3c2CC(C)(C)C[C@@H]3NC(=O)CCc2ccc3c(c2)OCO3)cc1. The summed E-state index contributed by atoms with van der Waals surface area (Å²) in [5, 5.41) is 7.97. The molecule has 0 radical (unpaired) electrons. The molecule has 1 N–H and O–H groups in total. The molecule has 0 spiro atoms. The second-order valence-corrected chi connectivity index (χ2v) is 9.65. The number of hydrogen-bond acceptors (Lipinski definition) is 4. The summed E-state index contributed by atoms with van der Waals surface area (Å²) in [5.74, 6) is 1.57. The fourth-order valence-electron chi connectivity index (χ4n) is 4.70. The van der Waals surface area contributed by atoms with E-state index >= 15 is 0 Å². The minimum atomic E-state index is -0.0304. The topological polar surface area (TPSA) is 65.4 Å². The van der Waals surface area contributed by atoms with Crippen LogP contribution in [0.25, 0.3) is 5.69 Å². The number of aryl methyl sites for hydroxylation is 2. The number of ether oxygens (including phenoxy) is 2. The number of aromatic nitrogens is 2. The van der Waals surface area contributed by atoms with Gasteiger partial charge in [0.05, 0.1) is 23.6 Å². The second-order valence-electron chi connectivity index (χ2n) is 9.65. The van der Waals surface area contributed by atoms with Crippen LogP contribution in [0.2, 0.25) is 0 Å². The fraction of sp³-hybridized carbons (Fsp3) is 0.385. The van der Waals surface area contributed by atoms with E-state index in [1.165, 1.54) is 11.3 Å². The normalized spacial score (nSPS) is 18.3. The Bertz CT molecular complexity index is 1150. The van der Waals surface area contributed by atoms with Crippen LogP contribution in [0.1, 0.15) is 55.1 Å². The summed E-state index contributed by atoms with van der Waals surface area (Å²) >= 11 is 0. The van der Waals surface area contributed by atoms with Gasteiger partial charge in [0.25, 0.3) is 0 Å². The highest BCUT2D eigenvalue weighted by Crippen LogP contribution is 2.41. The van der Waals surface area contributed by atoms with Crippen LogP contribution in [-0.2, 0) is 17.6 Å². The van der Waals surface area contributed by atoms with E-state index in [2.05, 4.69) is 55.5 Å². The molecule has 2 aliphatic rings. The largest absolute Gasteiger partial charge is 0.454 e.